The monoisotopic (exact) mass is 235 g/mol. The Labute approximate surface area is 101 Å². The number of rotatable bonds is 6. The Hall–Kier alpha value is -1.81. The lowest BCUT2D eigenvalue weighted by Gasteiger charge is -2.06. The Bertz CT molecular complexity index is 413. The molecule has 17 heavy (non-hydrogen) atoms. The van der Waals surface area contributed by atoms with E-state index in [0.29, 0.717) is 13.1 Å². The molecule has 1 aromatic rings. The fourth-order valence-electron chi connectivity index (χ4n) is 1.45. The van der Waals surface area contributed by atoms with Gasteiger partial charge in [0, 0.05) is 19.2 Å². The zero-order valence-corrected chi connectivity index (χ0v) is 10.1. The third kappa shape index (κ3) is 5.17. The van der Waals surface area contributed by atoms with Gasteiger partial charge in [-0.15, -0.1) is 0 Å². The Balaban J connectivity index is 2.43. The summed E-state index contributed by atoms with van der Waals surface area (Å²) in [6.07, 6.45) is 1.21. The zero-order chi connectivity index (χ0) is 12.7. The van der Waals surface area contributed by atoms with Crippen LogP contribution in [0.25, 0.3) is 0 Å². The van der Waals surface area contributed by atoms with Crippen molar-refractivity contribution in [3.05, 3.63) is 41.5 Å². The van der Waals surface area contributed by atoms with Gasteiger partial charge in [0.25, 0.3) is 0 Å². The summed E-state index contributed by atoms with van der Waals surface area (Å²) in [5.41, 5.74) is 1.90. The van der Waals surface area contributed by atoms with E-state index in [9.17, 15) is 4.79 Å². The molecule has 0 spiro atoms. The van der Waals surface area contributed by atoms with Crippen LogP contribution in [0.1, 0.15) is 12.5 Å². The summed E-state index contributed by atoms with van der Waals surface area (Å²) in [6, 6.07) is 7.75. The number of ether oxygens (including phenoxy) is 1. The van der Waals surface area contributed by atoms with Gasteiger partial charge in [0.15, 0.2) is 0 Å². The summed E-state index contributed by atoms with van der Waals surface area (Å²) >= 11 is 0. The van der Waals surface area contributed by atoms with Crippen molar-refractivity contribution >= 4 is 5.97 Å². The zero-order valence-electron chi connectivity index (χ0n) is 10.1. The molecule has 0 fully saturated rings. The molecule has 0 atom stereocenters. The maximum Gasteiger partial charge on any atom is 0.328 e. The van der Waals surface area contributed by atoms with E-state index in [1.54, 1.807) is 14.0 Å². The summed E-state index contributed by atoms with van der Waals surface area (Å²) in [4.78, 5) is 10.4. The highest BCUT2D eigenvalue weighted by Gasteiger charge is 1.97. The summed E-state index contributed by atoms with van der Waals surface area (Å²) in [7, 11) is 1.63. The van der Waals surface area contributed by atoms with Gasteiger partial charge in [0.2, 0.25) is 0 Å². The smallest absolute Gasteiger partial charge is 0.328 e. The van der Waals surface area contributed by atoms with Crippen molar-refractivity contribution < 1.29 is 14.6 Å². The van der Waals surface area contributed by atoms with E-state index >= 15 is 0 Å². The fraction of sp³-hybridized carbons (Fsp3) is 0.308. The van der Waals surface area contributed by atoms with Gasteiger partial charge in [0.1, 0.15) is 5.75 Å². The van der Waals surface area contributed by atoms with Crippen molar-refractivity contribution in [2.75, 3.05) is 13.7 Å². The Morgan fingerprint density at radius 1 is 1.53 bits per heavy atom. The van der Waals surface area contributed by atoms with Gasteiger partial charge in [-0.2, -0.15) is 0 Å². The predicted molar refractivity (Wildman–Crippen MR) is 66.1 cm³/mol. The highest BCUT2D eigenvalue weighted by atomic mass is 16.5. The molecular weight excluding hydrogens is 218 g/mol. The summed E-state index contributed by atoms with van der Waals surface area (Å²) in [6.45, 7) is 3.03. The highest BCUT2D eigenvalue weighted by molar-refractivity contribution is 5.80. The van der Waals surface area contributed by atoms with Crippen LogP contribution in [0, 0.1) is 0 Å². The van der Waals surface area contributed by atoms with Gasteiger partial charge in [-0.25, -0.2) is 4.79 Å². The SMILES string of the molecule is COc1cccc(CNC/C(C)=C/C(=O)O)c1. The molecule has 0 unspecified atom stereocenters. The molecule has 0 bridgehead atoms. The molecule has 92 valence electrons. The van der Waals surface area contributed by atoms with E-state index in [-0.39, 0.29) is 0 Å². The van der Waals surface area contributed by atoms with E-state index < -0.39 is 5.97 Å². The molecule has 0 amide bonds. The molecular formula is C13H17NO3. The van der Waals surface area contributed by atoms with Crippen LogP contribution in [0.4, 0.5) is 0 Å². The number of hydrogen-bond donors (Lipinski definition) is 2. The first kappa shape index (κ1) is 13.3. The number of hydrogen-bond acceptors (Lipinski definition) is 3. The molecule has 2 N–H and O–H groups in total. The van der Waals surface area contributed by atoms with Crippen LogP contribution in [0.15, 0.2) is 35.9 Å². The number of nitrogens with one attached hydrogen (secondary N) is 1. The van der Waals surface area contributed by atoms with Gasteiger partial charge >= 0.3 is 5.97 Å². The number of carboxylic acids is 1. The van der Waals surface area contributed by atoms with E-state index in [4.69, 9.17) is 9.84 Å². The van der Waals surface area contributed by atoms with Gasteiger partial charge in [-0.1, -0.05) is 17.7 Å². The third-order valence-corrected chi connectivity index (χ3v) is 2.24. The van der Waals surface area contributed by atoms with Crippen LogP contribution in [0.3, 0.4) is 0 Å². The highest BCUT2D eigenvalue weighted by Crippen LogP contribution is 2.12. The molecule has 1 rings (SSSR count). The molecule has 0 saturated heterocycles. The average Bonchev–Trinajstić information content (AvgIpc) is 2.28. The molecule has 0 aromatic heterocycles. The average molecular weight is 235 g/mol. The number of carbonyl (C=O) groups is 1. The fourth-order valence-corrected chi connectivity index (χ4v) is 1.45. The largest absolute Gasteiger partial charge is 0.497 e. The minimum Gasteiger partial charge on any atom is -0.497 e. The van der Waals surface area contributed by atoms with Crippen molar-refractivity contribution in [3.63, 3.8) is 0 Å². The van der Waals surface area contributed by atoms with Crippen molar-refractivity contribution in [1.29, 1.82) is 0 Å². The Morgan fingerprint density at radius 3 is 2.94 bits per heavy atom. The number of methoxy groups -OCH3 is 1. The molecule has 4 heteroatoms. The quantitative estimate of drug-likeness (QED) is 0.738. The second kappa shape index (κ2) is 6.70. The topological polar surface area (TPSA) is 58.6 Å². The molecule has 4 nitrogen and oxygen atoms in total. The Morgan fingerprint density at radius 2 is 2.29 bits per heavy atom. The maximum absolute atomic E-state index is 10.4. The first-order chi connectivity index (χ1) is 8.11. The minimum absolute atomic E-state index is 0.559. The van der Waals surface area contributed by atoms with E-state index in [0.717, 1.165) is 16.9 Å². The molecule has 0 heterocycles. The van der Waals surface area contributed by atoms with Crippen molar-refractivity contribution in [2.24, 2.45) is 0 Å². The number of benzene rings is 1. The first-order valence-electron chi connectivity index (χ1n) is 5.35. The van der Waals surface area contributed by atoms with Gasteiger partial charge in [-0.05, 0) is 24.6 Å². The van der Waals surface area contributed by atoms with Crippen LogP contribution >= 0.6 is 0 Å². The van der Waals surface area contributed by atoms with Crippen molar-refractivity contribution in [2.45, 2.75) is 13.5 Å². The second-order valence-corrected chi connectivity index (χ2v) is 3.78. The molecule has 0 saturated carbocycles. The van der Waals surface area contributed by atoms with Crippen molar-refractivity contribution in [3.8, 4) is 5.75 Å². The van der Waals surface area contributed by atoms with Gasteiger partial charge in [0.05, 0.1) is 7.11 Å². The molecule has 0 aliphatic rings. The lowest BCUT2D eigenvalue weighted by molar-refractivity contribution is -0.131. The van der Waals surface area contributed by atoms with Crippen LogP contribution in [0.2, 0.25) is 0 Å². The van der Waals surface area contributed by atoms with Crippen molar-refractivity contribution in [1.82, 2.24) is 5.32 Å². The molecule has 0 aliphatic carbocycles. The lowest BCUT2D eigenvalue weighted by Crippen LogP contribution is -2.16. The predicted octanol–water partition coefficient (Wildman–Crippen LogP) is 1.82. The normalized spacial score (nSPS) is 11.3. The lowest BCUT2D eigenvalue weighted by atomic mass is 10.2. The van der Waals surface area contributed by atoms with Crippen LogP contribution in [-0.2, 0) is 11.3 Å². The Kier molecular flexibility index (Phi) is 5.23. The standard InChI is InChI=1S/C13H17NO3/c1-10(6-13(15)16)8-14-9-11-4-3-5-12(7-11)17-2/h3-7,14H,8-9H2,1-2H3,(H,15,16)/b10-6+. The van der Waals surface area contributed by atoms with Crippen LogP contribution in [0.5, 0.6) is 5.75 Å². The molecule has 0 radical (unpaired) electrons. The van der Waals surface area contributed by atoms with E-state index in [2.05, 4.69) is 5.32 Å². The van der Waals surface area contributed by atoms with Crippen LogP contribution < -0.4 is 10.1 Å². The summed E-state index contributed by atoms with van der Waals surface area (Å²) in [5, 5.41) is 11.7. The van der Waals surface area contributed by atoms with E-state index in [1.807, 2.05) is 24.3 Å². The first-order valence-corrected chi connectivity index (χ1v) is 5.35. The second-order valence-electron chi connectivity index (χ2n) is 3.78. The summed E-state index contributed by atoms with van der Waals surface area (Å²) in [5.74, 6) is -0.0900. The molecule has 0 aliphatic heterocycles. The minimum atomic E-state index is -0.911. The van der Waals surface area contributed by atoms with Gasteiger partial charge < -0.3 is 15.2 Å². The maximum atomic E-state index is 10.4. The van der Waals surface area contributed by atoms with Gasteiger partial charge in [-0.3, -0.25) is 0 Å². The van der Waals surface area contributed by atoms with Crippen LogP contribution in [-0.4, -0.2) is 24.7 Å². The third-order valence-electron chi connectivity index (χ3n) is 2.24. The van der Waals surface area contributed by atoms with E-state index in [1.165, 1.54) is 6.08 Å². The number of carboxylic acid groups (broad SMARTS) is 1. The number of aliphatic carboxylic acids is 1. The molecule has 1 aromatic carbocycles. The summed E-state index contributed by atoms with van der Waals surface area (Å²) < 4.78 is 5.12.